The van der Waals surface area contributed by atoms with Crippen LogP contribution in [0.2, 0.25) is 0 Å². The van der Waals surface area contributed by atoms with Gasteiger partial charge in [0.1, 0.15) is 5.75 Å². The lowest BCUT2D eigenvalue weighted by Crippen LogP contribution is -2.55. The van der Waals surface area contributed by atoms with Crippen molar-refractivity contribution in [3.63, 3.8) is 0 Å². The van der Waals surface area contributed by atoms with Crippen LogP contribution in [-0.4, -0.2) is 71.9 Å². The van der Waals surface area contributed by atoms with Crippen LogP contribution in [0.5, 0.6) is 5.75 Å². The van der Waals surface area contributed by atoms with Crippen molar-refractivity contribution in [2.75, 3.05) is 27.2 Å². The molecular formula is C35H38F3N3O4. The number of hydrogen-bond acceptors (Lipinski definition) is 5. The first-order valence-electron chi connectivity index (χ1n) is 16.2. The zero-order chi connectivity index (χ0) is 31.2. The molecule has 7 nitrogen and oxygen atoms in total. The van der Waals surface area contributed by atoms with Gasteiger partial charge >= 0.3 is 12.3 Å². The minimum Gasteiger partial charge on any atom is -0.465 e. The van der Waals surface area contributed by atoms with Crippen LogP contribution in [0.1, 0.15) is 84.7 Å². The molecule has 2 bridgehead atoms. The van der Waals surface area contributed by atoms with Gasteiger partial charge in [0.2, 0.25) is 5.91 Å². The van der Waals surface area contributed by atoms with E-state index in [1.165, 1.54) is 13.2 Å². The number of rotatable bonds is 4. The topological polar surface area (TPSA) is 64.0 Å². The summed E-state index contributed by atoms with van der Waals surface area (Å²) >= 11 is 0. The Hall–Kier alpha value is -3.53. The normalized spacial score (nSPS) is 27.8. The quantitative estimate of drug-likeness (QED) is 0.299. The third kappa shape index (κ3) is 4.49. The highest BCUT2D eigenvalue weighted by molar-refractivity contribution is 6.00. The molecular weight excluding hydrogens is 583 g/mol. The highest BCUT2D eigenvalue weighted by Gasteiger charge is 2.65. The molecule has 1 amide bonds. The van der Waals surface area contributed by atoms with Gasteiger partial charge < -0.3 is 18.9 Å². The number of carbonyl (C=O) groups is 2. The number of methoxy groups -OCH3 is 1. The van der Waals surface area contributed by atoms with Crippen LogP contribution in [-0.2, 0) is 16.1 Å². The maximum atomic E-state index is 14.7. The number of amides is 1. The van der Waals surface area contributed by atoms with Crippen LogP contribution in [0.4, 0.5) is 13.2 Å². The van der Waals surface area contributed by atoms with Crippen molar-refractivity contribution in [3.05, 3.63) is 53.1 Å². The Morgan fingerprint density at radius 2 is 1.69 bits per heavy atom. The average Bonchev–Trinajstić information content (AvgIpc) is 3.64. The van der Waals surface area contributed by atoms with Crippen molar-refractivity contribution in [1.29, 1.82) is 0 Å². The van der Waals surface area contributed by atoms with E-state index < -0.39 is 23.7 Å². The number of nitrogens with zero attached hydrogens (tertiary/aromatic N) is 3. The smallest absolute Gasteiger partial charge is 0.465 e. The van der Waals surface area contributed by atoms with Gasteiger partial charge in [-0.2, -0.15) is 0 Å². The summed E-state index contributed by atoms with van der Waals surface area (Å²) in [5.74, 6) is -0.848. The zero-order valence-electron chi connectivity index (χ0n) is 25.7. The summed E-state index contributed by atoms with van der Waals surface area (Å²) in [5, 5.41) is 0.983. The van der Waals surface area contributed by atoms with Gasteiger partial charge in [-0.1, -0.05) is 37.5 Å². The van der Waals surface area contributed by atoms with E-state index in [-0.39, 0.29) is 17.6 Å². The Labute approximate surface area is 260 Å². The number of ether oxygens (including phenoxy) is 2. The molecule has 2 saturated heterocycles. The maximum absolute atomic E-state index is 14.7. The van der Waals surface area contributed by atoms with Crippen LogP contribution in [0, 0.1) is 5.41 Å². The molecule has 238 valence electrons. The van der Waals surface area contributed by atoms with Gasteiger partial charge in [-0.3, -0.25) is 9.69 Å². The molecule has 4 unspecified atom stereocenters. The fourth-order valence-electron chi connectivity index (χ4n) is 9.24. The fraction of sp³-hybridized carbons (Fsp3) is 0.543. The molecule has 4 heterocycles. The summed E-state index contributed by atoms with van der Waals surface area (Å²) in [6, 6.07) is 11.1. The highest BCUT2D eigenvalue weighted by Crippen LogP contribution is 2.67. The highest BCUT2D eigenvalue weighted by atomic mass is 19.4. The number of hydrogen-bond donors (Lipinski definition) is 0. The Bertz CT molecular complexity index is 1700. The maximum Gasteiger partial charge on any atom is 0.573 e. The number of fused-ring (bicyclic) bond motifs is 9. The molecule has 0 radical (unpaired) electrons. The third-order valence-electron chi connectivity index (χ3n) is 11.5. The predicted molar refractivity (Wildman–Crippen MR) is 162 cm³/mol. The Balaban J connectivity index is 1.36. The molecule has 8 rings (SSSR count). The Morgan fingerprint density at radius 1 is 0.956 bits per heavy atom. The molecule has 0 N–H and O–H groups in total. The lowest BCUT2D eigenvalue weighted by molar-refractivity contribution is -0.274. The molecule has 1 aromatic heterocycles. The summed E-state index contributed by atoms with van der Waals surface area (Å²) in [7, 11) is 3.47. The molecule has 0 spiro atoms. The summed E-state index contributed by atoms with van der Waals surface area (Å²) in [4.78, 5) is 31.8. The molecule has 4 fully saturated rings. The van der Waals surface area contributed by atoms with E-state index in [1.807, 2.05) is 23.1 Å². The molecule has 2 saturated carbocycles. The molecule has 3 aromatic rings. The standard InChI is InChI=1S/C35H38F3N3O4/c1-39-22-12-13-23(39)18-40(17-22)33(43)34-16-26(34)30-25(9-6-10-28(30)45-35(36,37)38)31-29(20-7-4-3-5-8-20)24-14-11-21(32(42)44-2)15-27(24)41(31)19-34/h6,9-11,14-15,20,22-23,26H,3-5,7-8,12-13,16-19H2,1-2H3. The number of aromatic nitrogens is 1. The molecule has 10 heteroatoms. The fourth-order valence-corrected chi connectivity index (χ4v) is 9.24. The van der Waals surface area contributed by atoms with Crippen LogP contribution >= 0.6 is 0 Å². The molecule has 2 aliphatic carbocycles. The summed E-state index contributed by atoms with van der Waals surface area (Å²) < 4.78 is 53.5. The van der Waals surface area contributed by atoms with Gasteiger partial charge in [0.25, 0.3) is 0 Å². The van der Waals surface area contributed by atoms with E-state index in [0.29, 0.717) is 54.8 Å². The first kappa shape index (κ1) is 28.9. The average molecular weight is 622 g/mol. The number of likely N-dealkylation sites (N-methyl/N-ethyl adjacent to an activating group) is 1. The summed E-state index contributed by atoms with van der Waals surface area (Å²) in [5.41, 5.74) is 3.46. The number of piperazine rings is 1. The summed E-state index contributed by atoms with van der Waals surface area (Å²) in [6.45, 7) is 1.60. The lowest BCUT2D eigenvalue weighted by Gasteiger charge is -2.40. The molecule has 5 aliphatic rings. The molecule has 3 aliphatic heterocycles. The van der Waals surface area contributed by atoms with E-state index in [2.05, 4.69) is 16.5 Å². The van der Waals surface area contributed by atoms with E-state index in [9.17, 15) is 22.8 Å². The van der Waals surface area contributed by atoms with Crippen molar-refractivity contribution < 1.29 is 32.2 Å². The van der Waals surface area contributed by atoms with Crippen molar-refractivity contribution in [3.8, 4) is 17.0 Å². The minimum absolute atomic E-state index is 0.0169. The third-order valence-corrected chi connectivity index (χ3v) is 11.5. The van der Waals surface area contributed by atoms with Gasteiger partial charge in [0.15, 0.2) is 0 Å². The molecule has 4 atom stereocenters. The largest absolute Gasteiger partial charge is 0.573 e. The number of esters is 1. The van der Waals surface area contributed by atoms with Gasteiger partial charge in [-0.25, -0.2) is 4.79 Å². The Kier molecular flexibility index (Phi) is 6.58. The molecule has 45 heavy (non-hydrogen) atoms. The SMILES string of the molecule is COC(=O)c1ccc2c(C3CCCCC3)c3n(c2c1)CC1(C(=O)N2CC4CCC(C2)N4C)CC1c1c(OC(F)(F)F)cccc1-3. The minimum atomic E-state index is -4.87. The first-order chi connectivity index (χ1) is 21.6. The van der Waals surface area contributed by atoms with Crippen LogP contribution < -0.4 is 4.74 Å². The number of carbonyl (C=O) groups excluding carboxylic acids is 2. The second-order valence-electron chi connectivity index (χ2n) is 13.8. The van der Waals surface area contributed by atoms with Crippen molar-refractivity contribution in [2.24, 2.45) is 5.41 Å². The first-order valence-corrected chi connectivity index (χ1v) is 16.2. The van der Waals surface area contributed by atoms with Crippen molar-refractivity contribution in [1.82, 2.24) is 14.4 Å². The van der Waals surface area contributed by atoms with Gasteiger partial charge in [-0.05, 0) is 68.8 Å². The van der Waals surface area contributed by atoms with Gasteiger partial charge in [-0.15, -0.1) is 13.2 Å². The number of halogens is 3. The lowest BCUT2D eigenvalue weighted by atomic mass is 9.81. The van der Waals surface area contributed by atoms with Gasteiger partial charge in [0, 0.05) is 59.7 Å². The predicted octanol–water partition coefficient (Wildman–Crippen LogP) is 6.83. The monoisotopic (exact) mass is 621 g/mol. The van der Waals surface area contributed by atoms with Crippen LogP contribution in [0.25, 0.3) is 22.2 Å². The number of alkyl halides is 3. The molecule has 2 aromatic carbocycles. The Morgan fingerprint density at radius 3 is 2.38 bits per heavy atom. The van der Waals surface area contributed by atoms with E-state index in [0.717, 1.165) is 67.1 Å². The second kappa shape index (κ2) is 10.2. The number of likely N-dealkylation sites (tertiary alicyclic amines) is 1. The van der Waals surface area contributed by atoms with Gasteiger partial charge in [0.05, 0.1) is 23.8 Å². The van der Waals surface area contributed by atoms with E-state index in [4.69, 9.17) is 9.47 Å². The van der Waals surface area contributed by atoms with Crippen molar-refractivity contribution in [2.45, 2.75) is 88.2 Å². The second-order valence-corrected chi connectivity index (χ2v) is 13.8. The van der Waals surface area contributed by atoms with Crippen molar-refractivity contribution >= 4 is 22.8 Å². The van der Waals surface area contributed by atoms with Crippen LogP contribution in [0.15, 0.2) is 36.4 Å². The van der Waals surface area contributed by atoms with E-state index in [1.54, 1.807) is 12.1 Å². The summed E-state index contributed by atoms with van der Waals surface area (Å²) in [6.07, 6.45) is 2.95. The van der Waals surface area contributed by atoms with E-state index >= 15 is 0 Å². The zero-order valence-corrected chi connectivity index (χ0v) is 25.7. The number of benzene rings is 2. The van der Waals surface area contributed by atoms with Crippen LogP contribution in [0.3, 0.4) is 0 Å².